The monoisotopic (exact) mass is 144 g/mol. The Morgan fingerprint density at radius 2 is 2.00 bits per heavy atom. The first-order valence-electron chi connectivity index (χ1n) is 3.64. The van der Waals surface area contributed by atoms with Gasteiger partial charge in [0.2, 0.25) is 0 Å². The molecule has 0 heterocycles. The molecule has 0 aliphatic heterocycles. The van der Waals surface area contributed by atoms with E-state index in [9.17, 15) is 5.11 Å². The van der Waals surface area contributed by atoms with Gasteiger partial charge in [0.15, 0.2) is 0 Å². The zero-order valence-electron chi connectivity index (χ0n) is 6.62. The number of rotatable bonds is 4. The van der Waals surface area contributed by atoms with E-state index in [-0.39, 0.29) is 18.6 Å². The van der Waals surface area contributed by atoms with Crippen molar-refractivity contribution in [2.75, 3.05) is 6.61 Å². The molecular formula is C8H16O2. The van der Waals surface area contributed by atoms with Crippen molar-refractivity contribution in [3.8, 4) is 0 Å². The molecule has 60 valence electrons. The van der Waals surface area contributed by atoms with Crippen LogP contribution in [0, 0.1) is 5.92 Å². The zero-order valence-corrected chi connectivity index (χ0v) is 6.62. The molecular weight excluding hydrogens is 128 g/mol. The standard InChI is InChI=1S/C8H16O2/c1-7(2)8(10)5-3-4-6-9/h3,5,7-10H,4,6H2,1-2H3/b5-3+. The quantitative estimate of drug-likeness (QED) is 0.576. The van der Waals surface area contributed by atoms with Crippen LogP contribution in [-0.4, -0.2) is 22.9 Å². The fourth-order valence-corrected chi connectivity index (χ4v) is 0.532. The first-order valence-corrected chi connectivity index (χ1v) is 3.64. The summed E-state index contributed by atoms with van der Waals surface area (Å²) in [6.07, 6.45) is 3.78. The summed E-state index contributed by atoms with van der Waals surface area (Å²) in [5.41, 5.74) is 0. The third-order valence-electron chi connectivity index (χ3n) is 1.31. The SMILES string of the molecule is CC(C)C(O)/C=C/CCO. The predicted octanol–water partition coefficient (Wildman–Crippen LogP) is 0.942. The van der Waals surface area contributed by atoms with Crippen LogP contribution in [0.1, 0.15) is 20.3 Å². The highest BCUT2D eigenvalue weighted by Crippen LogP contribution is 2.02. The minimum atomic E-state index is -0.369. The van der Waals surface area contributed by atoms with E-state index in [0.717, 1.165) is 0 Å². The fraction of sp³-hybridized carbons (Fsp3) is 0.750. The molecule has 0 radical (unpaired) electrons. The van der Waals surface area contributed by atoms with Crippen LogP contribution in [0.25, 0.3) is 0 Å². The number of hydrogen-bond acceptors (Lipinski definition) is 2. The molecule has 0 fully saturated rings. The van der Waals surface area contributed by atoms with Crippen molar-refractivity contribution in [2.45, 2.75) is 26.4 Å². The third kappa shape index (κ3) is 4.53. The van der Waals surface area contributed by atoms with Crippen LogP contribution in [-0.2, 0) is 0 Å². The molecule has 0 saturated heterocycles. The summed E-state index contributed by atoms with van der Waals surface area (Å²) in [6, 6.07) is 0. The van der Waals surface area contributed by atoms with Crippen molar-refractivity contribution >= 4 is 0 Å². The molecule has 0 aromatic carbocycles. The van der Waals surface area contributed by atoms with Crippen LogP contribution in [0.4, 0.5) is 0 Å². The van der Waals surface area contributed by atoms with Gasteiger partial charge in [0.05, 0.1) is 6.10 Å². The Kier molecular flexibility index (Phi) is 5.26. The van der Waals surface area contributed by atoms with E-state index in [1.54, 1.807) is 12.2 Å². The second-order valence-electron chi connectivity index (χ2n) is 2.68. The highest BCUT2D eigenvalue weighted by Gasteiger charge is 2.02. The van der Waals surface area contributed by atoms with Gasteiger partial charge in [-0.3, -0.25) is 0 Å². The van der Waals surface area contributed by atoms with Crippen molar-refractivity contribution in [3.05, 3.63) is 12.2 Å². The smallest absolute Gasteiger partial charge is 0.0743 e. The van der Waals surface area contributed by atoms with Gasteiger partial charge in [-0.1, -0.05) is 26.0 Å². The van der Waals surface area contributed by atoms with Gasteiger partial charge in [0.1, 0.15) is 0 Å². The number of aliphatic hydroxyl groups excluding tert-OH is 2. The molecule has 1 atom stereocenters. The Morgan fingerprint density at radius 3 is 2.40 bits per heavy atom. The van der Waals surface area contributed by atoms with Gasteiger partial charge in [0.25, 0.3) is 0 Å². The summed E-state index contributed by atoms with van der Waals surface area (Å²) in [5.74, 6) is 0.259. The summed E-state index contributed by atoms with van der Waals surface area (Å²) in [4.78, 5) is 0. The molecule has 0 aromatic heterocycles. The zero-order chi connectivity index (χ0) is 7.98. The lowest BCUT2D eigenvalue weighted by Gasteiger charge is -2.07. The van der Waals surface area contributed by atoms with Gasteiger partial charge in [-0.25, -0.2) is 0 Å². The second kappa shape index (κ2) is 5.45. The highest BCUT2D eigenvalue weighted by atomic mass is 16.3. The molecule has 10 heavy (non-hydrogen) atoms. The molecule has 2 nitrogen and oxygen atoms in total. The topological polar surface area (TPSA) is 40.5 Å². The summed E-state index contributed by atoms with van der Waals surface area (Å²) < 4.78 is 0. The highest BCUT2D eigenvalue weighted by molar-refractivity contribution is 4.89. The van der Waals surface area contributed by atoms with E-state index >= 15 is 0 Å². The first-order chi connectivity index (χ1) is 4.68. The van der Waals surface area contributed by atoms with Crippen LogP contribution in [0.2, 0.25) is 0 Å². The molecule has 0 amide bonds. The van der Waals surface area contributed by atoms with Crippen LogP contribution in [0.3, 0.4) is 0 Å². The number of aliphatic hydroxyl groups is 2. The van der Waals surface area contributed by atoms with Gasteiger partial charge >= 0.3 is 0 Å². The van der Waals surface area contributed by atoms with Crippen LogP contribution in [0.15, 0.2) is 12.2 Å². The van der Waals surface area contributed by atoms with E-state index in [4.69, 9.17) is 5.11 Å². The molecule has 1 unspecified atom stereocenters. The maximum absolute atomic E-state index is 9.18. The predicted molar refractivity (Wildman–Crippen MR) is 41.7 cm³/mol. The Hall–Kier alpha value is -0.340. The van der Waals surface area contributed by atoms with Gasteiger partial charge in [-0.15, -0.1) is 0 Å². The molecule has 0 saturated carbocycles. The lowest BCUT2D eigenvalue weighted by atomic mass is 10.1. The molecule has 0 aliphatic rings. The van der Waals surface area contributed by atoms with E-state index in [2.05, 4.69) is 0 Å². The molecule has 0 spiro atoms. The molecule has 0 rings (SSSR count). The van der Waals surface area contributed by atoms with Crippen LogP contribution >= 0.6 is 0 Å². The van der Waals surface area contributed by atoms with E-state index < -0.39 is 0 Å². The first kappa shape index (κ1) is 9.66. The summed E-state index contributed by atoms with van der Waals surface area (Å²) in [6.45, 7) is 4.06. The average Bonchev–Trinajstić information content (AvgIpc) is 1.88. The van der Waals surface area contributed by atoms with Crippen LogP contribution < -0.4 is 0 Å². The summed E-state index contributed by atoms with van der Waals surface area (Å²) in [5, 5.41) is 17.6. The average molecular weight is 144 g/mol. The lowest BCUT2D eigenvalue weighted by molar-refractivity contribution is 0.171. The normalized spacial score (nSPS) is 14.9. The minimum absolute atomic E-state index is 0.154. The Bertz CT molecular complexity index is 97.4. The maximum Gasteiger partial charge on any atom is 0.0743 e. The minimum Gasteiger partial charge on any atom is -0.396 e. The molecule has 0 aliphatic carbocycles. The molecule has 0 aromatic rings. The van der Waals surface area contributed by atoms with Gasteiger partial charge in [-0.05, 0) is 12.3 Å². The van der Waals surface area contributed by atoms with Crippen molar-refractivity contribution in [1.29, 1.82) is 0 Å². The summed E-state index contributed by atoms with van der Waals surface area (Å²) >= 11 is 0. The van der Waals surface area contributed by atoms with Crippen molar-refractivity contribution in [3.63, 3.8) is 0 Å². The molecule has 2 N–H and O–H groups in total. The van der Waals surface area contributed by atoms with Crippen molar-refractivity contribution < 1.29 is 10.2 Å². The largest absolute Gasteiger partial charge is 0.396 e. The van der Waals surface area contributed by atoms with E-state index in [1.165, 1.54) is 0 Å². The van der Waals surface area contributed by atoms with Crippen molar-refractivity contribution in [2.24, 2.45) is 5.92 Å². The van der Waals surface area contributed by atoms with E-state index in [1.807, 2.05) is 13.8 Å². The Morgan fingerprint density at radius 1 is 1.40 bits per heavy atom. The fourth-order valence-electron chi connectivity index (χ4n) is 0.532. The van der Waals surface area contributed by atoms with Crippen molar-refractivity contribution in [1.82, 2.24) is 0 Å². The Labute approximate surface area is 62.2 Å². The lowest BCUT2D eigenvalue weighted by Crippen LogP contribution is -2.10. The molecule has 0 bridgehead atoms. The second-order valence-corrected chi connectivity index (χ2v) is 2.68. The number of hydrogen-bond donors (Lipinski definition) is 2. The molecule has 2 heteroatoms. The van der Waals surface area contributed by atoms with Crippen LogP contribution in [0.5, 0.6) is 0 Å². The van der Waals surface area contributed by atoms with Gasteiger partial charge < -0.3 is 10.2 Å². The third-order valence-corrected chi connectivity index (χ3v) is 1.31. The Balaban J connectivity index is 3.45. The van der Waals surface area contributed by atoms with E-state index in [0.29, 0.717) is 6.42 Å². The van der Waals surface area contributed by atoms with Gasteiger partial charge in [-0.2, -0.15) is 0 Å². The van der Waals surface area contributed by atoms with Gasteiger partial charge in [0, 0.05) is 6.61 Å². The maximum atomic E-state index is 9.18. The summed E-state index contributed by atoms with van der Waals surface area (Å²) in [7, 11) is 0.